The van der Waals surface area contributed by atoms with Gasteiger partial charge in [-0.1, -0.05) is 11.3 Å². The number of nitrogens with one attached hydrogen (secondary N) is 1. The zero-order valence-electron chi connectivity index (χ0n) is 9.44. The number of hydrogen-bond donors (Lipinski definition) is 2. The van der Waals surface area contributed by atoms with Crippen LogP contribution in [-0.2, 0) is 23.5 Å². The Morgan fingerprint density at radius 3 is 2.78 bits per heavy atom. The molecule has 0 aromatic carbocycles. The van der Waals surface area contributed by atoms with Gasteiger partial charge >= 0.3 is 0 Å². The van der Waals surface area contributed by atoms with Crippen molar-refractivity contribution in [1.82, 2.24) is 29.7 Å². The van der Waals surface area contributed by atoms with Crippen molar-refractivity contribution in [3.63, 3.8) is 0 Å². The van der Waals surface area contributed by atoms with Crippen molar-refractivity contribution in [1.29, 1.82) is 0 Å². The fraction of sp³-hybridized carbons (Fsp3) is 0.429. The van der Waals surface area contributed by atoms with Crippen molar-refractivity contribution in [2.75, 3.05) is 12.3 Å². The molecule has 0 unspecified atom stereocenters. The van der Waals surface area contributed by atoms with Crippen LogP contribution < -0.4 is 10.5 Å². The lowest BCUT2D eigenvalue weighted by molar-refractivity contribution is 0.578. The van der Waals surface area contributed by atoms with Crippen LogP contribution in [0.3, 0.4) is 0 Å². The lowest BCUT2D eigenvalue weighted by atomic mass is 10.4. The van der Waals surface area contributed by atoms with Crippen LogP contribution in [0.2, 0.25) is 0 Å². The number of sulfonamides is 1. The first-order valence-corrected chi connectivity index (χ1v) is 7.20. The number of aryl methyl sites for hydroxylation is 1. The summed E-state index contributed by atoms with van der Waals surface area (Å²) in [5.74, 6) is 0.689. The second-order valence-electron chi connectivity index (χ2n) is 3.41. The Hall–Kier alpha value is -1.59. The predicted molar refractivity (Wildman–Crippen MR) is 64.2 cm³/mol. The molecule has 2 rings (SSSR count). The average molecular weight is 289 g/mol. The molecule has 0 amide bonds. The summed E-state index contributed by atoms with van der Waals surface area (Å²) in [6.07, 6.45) is 1.99. The minimum Gasteiger partial charge on any atom is -0.374 e. The van der Waals surface area contributed by atoms with Crippen LogP contribution in [0.25, 0.3) is 0 Å². The summed E-state index contributed by atoms with van der Waals surface area (Å²) >= 11 is 0.818. The molecule has 0 radical (unpaired) electrons. The van der Waals surface area contributed by atoms with Gasteiger partial charge in [0.15, 0.2) is 0 Å². The topological polar surface area (TPSA) is 129 Å². The molecule has 2 aromatic heterocycles. The van der Waals surface area contributed by atoms with Gasteiger partial charge < -0.3 is 10.3 Å². The number of rotatable bonds is 5. The highest BCUT2D eigenvalue weighted by Crippen LogP contribution is 2.16. The highest BCUT2D eigenvalue weighted by atomic mass is 32.2. The molecule has 0 aliphatic carbocycles. The van der Waals surface area contributed by atoms with Gasteiger partial charge in [0.1, 0.15) is 12.2 Å². The van der Waals surface area contributed by atoms with Crippen molar-refractivity contribution < 1.29 is 8.42 Å². The average Bonchev–Trinajstić information content (AvgIpc) is 2.89. The first kappa shape index (κ1) is 12.9. The summed E-state index contributed by atoms with van der Waals surface area (Å²) in [6, 6.07) is 0. The standard InChI is InChI=1S/C7H11N7O2S2/c1-14-4-9-11-5(14)2-3-10-18(15,16)7-13-12-6(8)17-7/h4,10H,2-3H2,1H3,(H2,8,12). The van der Waals surface area contributed by atoms with Crippen molar-refractivity contribution in [2.45, 2.75) is 10.8 Å². The molecule has 9 nitrogen and oxygen atoms in total. The van der Waals surface area contributed by atoms with Crippen molar-refractivity contribution >= 4 is 26.5 Å². The largest absolute Gasteiger partial charge is 0.374 e. The van der Waals surface area contributed by atoms with E-state index in [-0.39, 0.29) is 16.0 Å². The number of aromatic nitrogens is 5. The van der Waals surface area contributed by atoms with Crippen LogP contribution in [0, 0.1) is 0 Å². The molecule has 0 aliphatic rings. The van der Waals surface area contributed by atoms with E-state index in [2.05, 4.69) is 25.1 Å². The molecule has 18 heavy (non-hydrogen) atoms. The Bertz CT molecular complexity index is 632. The molecule has 0 aliphatic heterocycles. The third-order valence-corrected chi connectivity index (χ3v) is 4.68. The molecule has 98 valence electrons. The first-order chi connectivity index (χ1) is 8.49. The molecule has 0 bridgehead atoms. The maximum atomic E-state index is 11.8. The maximum Gasteiger partial charge on any atom is 0.269 e. The van der Waals surface area contributed by atoms with Gasteiger partial charge in [0.25, 0.3) is 10.0 Å². The molecule has 0 atom stereocenters. The van der Waals surface area contributed by atoms with Gasteiger partial charge in [0.05, 0.1) is 0 Å². The van der Waals surface area contributed by atoms with E-state index in [1.807, 2.05) is 0 Å². The predicted octanol–water partition coefficient (Wildman–Crippen LogP) is -1.23. The fourth-order valence-corrected chi connectivity index (χ4v) is 3.08. The van der Waals surface area contributed by atoms with Crippen LogP contribution in [-0.4, -0.2) is 39.9 Å². The van der Waals surface area contributed by atoms with E-state index in [0.29, 0.717) is 12.2 Å². The molecule has 0 saturated heterocycles. The summed E-state index contributed by atoms with van der Waals surface area (Å²) in [6.45, 7) is 0.203. The summed E-state index contributed by atoms with van der Waals surface area (Å²) in [7, 11) is -1.86. The normalized spacial score (nSPS) is 11.8. The Labute approximate surface area is 107 Å². The molecule has 3 N–H and O–H groups in total. The minimum absolute atomic E-state index is 0.115. The highest BCUT2D eigenvalue weighted by molar-refractivity contribution is 7.91. The number of anilines is 1. The summed E-state index contributed by atoms with van der Waals surface area (Å²) in [5.41, 5.74) is 5.33. The molecule has 0 saturated carbocycles. The lowest BCUT2D eigenvalue weighted by Gasteiger charge is -2.02. The zero-order valence-corrected chi connectivity index (χ0v) is 11.1. The second kappa shape index (κ2) is 4.96. The van der Waals surface area contributed by atoms with E-state index < -0.39 is 10.0 Å². The van der Waals surface area contributed by atoms with Crippen LogP contribution in [0.15, 0.2) is 10.7 Å². The number of nitrogen functional groups attached to an aromatic ring is 1. The molecule has 2 heterocycles. The van der Waals surface area contributed by atoms with Crippen molar-refractivity contribution in [3.05, 3.63) is 12.2 Å². The van der Waals surface area contributed by atoms with Gasteiger partial charge in [-0.15, -0.1) is 20.4 Å². The van der Waals surface area contributed by atoms with Crippen LogP contribution in [0.4, 0.5) is 5.13 Å². The van der Waals surface area contributed by atoms with Crippen LogP contribution in [0.1, 0.15) is 5.82 Å². The number of nitrogens with two attached hydrogens (primary N) is 1. The smallest absolute Gasteiger partial charge is 0.269 e. The Morgan fingerprint density at radius 1 is 1.44 bits per heavy atom. The van der Waals surface area contributed by atoms with Gasteiger partial charge in [-0.3, -0.25) is 0 Å². The fourth-order valence-electron chi connectivity index (χ4n) is 1.22. The van der Waals surface area contributed by atoms with E-state index in [1.54, 1.807) is 17.9 Å². The molecule has 0 spiro atoms. The molecule has 2 aromatic rings. The highest BCUT2D eigenvalue weighted by Gasteiger charge is 2.19. The zero-order chi connectivity index (χ0) is 13.2. The monoisotopic (exact) mass is 289 g/mol. The molecule has 0 fully saturated rings. The van der Waals surface area contributed by atoms with Crippen LogP contribution in [0.5, 0.6) is 0 Å². The second-order valence-corrected chi connectivity index (χ2v) is 6.36. The van der Waals surface area contributed by atoms with Gasteiger partial charge in [-0.2, -0.15) is 0 Å². The Morgan fingerprint density at radius 2 is 2.22 bits per heavy atom. The SMILES string of the molecule is Cn1cnnc1CCNS(=O)(=O)c1nnc(N)s1. The van der Waals surface area contributed by atoms with E-state index >= 15 is 0 Å². The summed E-state index contributed by atoms with van der Waals surface area (Å²) < 4.78 is 27.5. The number of hydrogen-bond acceptors (Lipinski definition) is 8. The molecular formula is C7H11N7O2S2. The van der Waals surface area contributed by atoms with Gasteiger partial charge in [0.2, 0.25) is 9.47 Å². The molecular weight excluding hydrogens is 278 g/mol. The first-order valence-electron chi connectivity index (χ1n) is 4.90. The molecule has 11 heteroatoms. The Kier molecular flexibility index (Phi) is 3.54. The summed E-state index contributed by atoms with van der Waals surface area (Å²) in [5, 5.41) is 14.6. The van der Waals surface area contributed by atoms with E-state index in [0.717, 1.165) is 11.3 Å². The number of nitrogens with zero attached hydrogens (tertiary/aromatic N) is 5. The van der Waals surface area contributed by atoms with Crippen LogP contribution >= 0.6 is 11.3 Å². The summed E-state index contributed by atoms with van der Waals surface area (Å²) in [4.78, 5) is 0. The van der Waals surface area contributed by atoms with Crippen molar-refractivity contribution in [2.24, 2.45) is 7.05 Å². The lowest BCUT2D eigenvalue weighted by Crippen LogP contribution is -2.26. The van der Waals surface area contributed by atoms with E-state index in [9.17, 15) is 8.42 Å². The maximum absolute atomic E-state index is 11.8. The van der Waals surface area contributed by atoms with Gasteiger partial charge in [0, 0.05) is 20.0 Å². The van der Waals surface area contributed by atoms with E-state index in [4.69, 9.17) is 5.73 Å². The van der Waals surface area contributed by atoms with Gasteiger partial charge in [-0.05, 0) is 0 Å². The third kappa shape index (κ3) is 2.80. The third-order valence-electron chi connectivity index (χ3n) is 2.10. The minimum atomic E-state index is -3.65. The van der Waals surface area contributed by atoms with E-state index in [1.165, 1.54) is 0 Å². The Balaban J connectivity index is 1.96. The quantitative estimate of drug-likeness (QED) is 0.705. The van der Waals surface area contributed by atoms with Crippen molar-refractivity contribution in [3.8, 4) is 0 Å². The van der Waals surface area contributed by atoms with Gasteiger partial charge in [-0.25, -0.2) is 13.1 Å².